The molecule has 0 aromatic heterocycles. The predicted molar refractivity (Wildman–Crippen MR) is 155 cm³/mol. The number of rotatable bonds is 12. The topological polar surface area (TPSA) is 105 Å². The summed E-state index contributed by atoms with van der Waals surface area (Å²) in [6, 6.07) is 26.7. The lowest BCUT2D eigenvalue weighted by Crippen LogP contribution is -2.72. The molecule has 0 aliphatic carbocycles. The lowest BCUT2D eigenvalue weighted by atomic mass is 9.99. The number of aliphatic hydroxyl groups excluding tert-OH is 1. The number of nitrogens with zero attached hydrogens (tertiary/aromatic N) is 1. The summed E-state index contributed by atoms with van der Waals surface area (Å²) < 4.78 is 11.9. The number of likely N-dealkylation sites (tertiary alicyclic amines) is 1. The van der Waals surface area contributed by atoms with Crippen LogP contribution in [0.5, 0.6) is 0 Å². The maximum atomic E-state index is 13.7. The van der Waals surface area contributed by atoms with E-state index in [-0.39, 0.29) is 30.5 Å². The normalized spacial score (nSPS) is 17.0. The van der Waals surface area contributed by atoms with Gasteiger partial charge in [0.25, 0.3) is 5.91 Å². The van der Waals surface area contributed by atoms with E-state index in [1.807, 2.05) is 91.0 Å². The summed E-state index contributed by atoms with van der Waals surface area (Å²) in [5, 5.41) is 12.7. The molecule has 1 aliphatic rings. The molecule has 0 spiro atoms. The Labute approximate surface area is 244 Å². The third kappa shape index (κ3) is 7.41. The summed E-state index contributed by atoms with van der Waals surface area (Å²) in [5.41, 5.74) is 2.83. The summed E-state index contributed by atoms with van der Waals surface area (Å²) in [6.45, 7) is 3.18. The van der Waals surface area contributed by atoms with Crippen molar-refractivity contribution < 1.29 is 29.0 Å². The van der Waals surface area contributed by atoms with E-state index in [4.69, 9.17) is 21.1 Å². The van der Waals surface area contributed by atoms with Crippen LogP contribution in [-0.4, -0.2) is 58.7 Å². The number of β-lactam (4-membered cyclic amide) rings is 1. The summed E-state index contributed by atoms with van der Waals surface area (Å²) in [6.07, 6.45) is -2.72. The van der Waals surface area contributed by atoms with Crippen LogP contribution in [-0.2, 0) is 30.3 Å². The minimum absolute atomic E-state index is 0.00536. The van der Waals surface area contributed by atoms with E-state index >= 15 is 0 Å². The Bertz CT molecular complexity index is 1320. The Balaban J connectivity index is 1.58. The summed E-state index contributed by atoms with van der Waals surface area (Å²) >= 11 is 5.75. The number of nitrogens with one attached hydrogen (secondary N) is 1. The number of aliphatic hydroxyl groups is 1. The molecule has 9 heteroatoms. The standard InChI is InChI=1S/C32H33ClN2O6/c1-21(2)28(32(39)41-29(23-14-8-4-9-15-23)24-16-10-5-11-17-24)35-30(38)27(31(35)40-20-25(36)19-33)34-26(37)18-22-12-6-3-7-13-22/h3-17,25,27,29,31,36H,18-20H2,1-2H3,(H,34,37)/t25?,27-,31+/m1/s1. The zero-order valence-corrected chi connectivity index (χ0v) is 23.7. The van der Waals surface area contributed by atoms with Crippen LogP contribution >= 0.6 is 11.6 Å². The van der Waals surface area contributed by atoms with E-state index in [2.05, 4.69) is 5.32 Å². The average Bonchev–Trinajstić information content (AvgIpc) is 2.99. The van der Waals surface area contributed by atoms with Crippen LogP contribution in [0.2, 0.25) is 0 Å². The predicted octanol–water partition coefficient (Wildman–Crippen LogP) is 4.13. The van der Waals surface area contributed by atoms with E-state index in [0.717, 1.165) is 16.7 Å². The molecule has 41 heavy (non-hydrogen) atoms. The van der Waals surface area contributed by atoms with Gasteiger partial charge in [0.1, 0.15) is 5.70 Å². The number of esters is 1. The van der Waals surface area contributed by atoms with Gasteiger partial charge < -0.3 is 19.9 Å². The van der Waals surface area contributed by atoms with Gasteiger partial charge in [-0.25, -0.2) is 4.79 Å². The fourth-order valence-electron chi connectivity index (χ4n) is 4.56. The molecule has 1 aliphatic heterocycles. The van der Waals surface area contributed by atoms with E-state index < -0.39 is 36.4 Å². The van der Waals surface area contributed by atoms with Crippen molar-refractivity contribution >= 4 is 29.4 Å². The van der Waals surface area contributed by atoms with Gasteiger partial charge in [0.15, 0.2) is 18.4 Å². The Morgan fingerprint density at radius 3 is 1.98 bits per heavy atom. The van der Waals surface area contributed by atoms with Crippen molar-refractivity contribution in [2.75, 3.05) is 12.5 Å². The van der Waals surface area contributed by atoms with Crippen LogP contribution in [0.4, 0.5) is 0 Å². The number of hydrogen-bond acceptors (Lipinski definition) is 6. The van der Waals surface area contributed by atoms with Crippen LogP contribution in [0.3, 0.4) is 0 Å². The molecule has 3 aromatic carbocycles. The van der Waals surface area contributed by atoms with Crippen molar-refractivity contribution in [3.63, 3.8) is 0 Å². The third-order valence-electron chi connectivity index (χ3n) is 6.54. The number of allylic oxidation sites excluding steroid dienone is 1. The van der Waals surface area contributed by atoms with Crippen LogP contribution < -0.4 is 5.32 Å². The molecule has 2 amide bonds. The minimum Gasteiger partial charge on any atom is -0.448 e. The first-order chi connectivity index (χ1) is 19.8. The molecule has 3 atom stereocenters. The molecule has 0 bridgehead atoms. The second-order valence-corrected chi connectivity index (χ2v) is 10.2. The van der Waals surface area contributed by atoms with Gasteiger partial charge in [-0.2, -0.15) is 0 Å². The molecule has 0 saturated carbocycles. The summed E-state index contributed by atoms with van der Waals surface area (Å²) in [7, 11) is 0. The Hall–Kier alpha value is -3.98. The molecule has 4 rings (SSSR count). The van der Waals surface area contributed by atoms with Crippen LogP contribution in [0.25, 0.3) is 0 Å². The first-order valence-electron chi connectivity index (χ1n) is 13.3. The highest BCUT2D eigenvalue weighted by molar-refractivity contribution is 6.18. The van der Waals surface area contributed by atoms with Crippen LogP contribution in [0.1, 0.15) is 36.6 Å². The molecule has 1 heterocycles. The molecular formula is C32H33ClN2O6. The fraction of sp³-hybridized carbons (Fsp3) is 0.281. The van der Waals surface area contributed by atoms with Crippen LogP contribution in [0.15, 0.2) is 102 Å². The van der Waals surface area contributed by atoms with E-state index in [1.165, 1.54) is 4.90 Å². The zero-order valence-electron chi connectivity index (χ0n) is 22.9. The number of halogens is 1. The van der Waals surface area contributed by atoms with Crippen molar-refractivity contribution in [2.24, 2.45) is 0 Å². The molecular weight excluding hydrogens is 544 g/mol. The molecule has 1 saturated heterocycles. The van der Waals surface area contributed by atoms with Crippen molar-refractivity contribution in [1.29, 1.82) is 0 Å². The lowest BCUT2D eigenvalue weighted by molar-refractivity contribution is -0.186. The number of ether oxygens (including phenoxy) is 2. The highest BCUT2D eigenvalue weighted by Crippen LogP contribution is 2.33. The molecule has 8 nitrogen and oxygen atoms in total. The fourth-order valence-corrected chi connectivity index (χ4v) is 4.64. The van der Waals surface area contributed by atoms with Gasteiger partial charge in [0.2, 0.25) is 5.91 Å². The molecule has 1 unspecified atom stereocenters. The number of hydrogen-bond donors (Lipinski definition) is 2. The highest BCUT2D eigenvalue weighted by Gasteiger charge is 2.53. The maximum Gasteiger partial charge on any atom is 0.356 e. The lowest BCUT2D eigenvalue weighted by Gasteiger charge is -2.47. The van der Waals surface area contributed by atoms with Crippen molar-refractivity contribution in [1.82, 2.24) is 10.2 Å². The number of benzene rings is 3. The second kappa shape index (κ2) is 14.1. The molecule has 0 radical (unpaired) electrons. The van der Waals surface area contributed by atoms with Gasteiger partial charge in [-0.3, -0.25) is 14.5 Å². The van der Waals surface area contributed by atoms with E-state index in [9.17, 15) is 19.5 Å². The molecule has 2 N–H and O–H groups in total. The minimum atomic E-state index is -1.06. The van der Waals surface area contributed by atoms with Gasteiger partial charge in [-0.15, -0.1) is 11.6 Å². The van der Waals surface area contributed by atoms with Crippen molar-refractivity contribution in [3.05, 3.63) is 119 Å². The van der Waals surface area contributed by atoms with Gasteiger partial charge in [0, 0.05) is 0 Å². The number of alkyl halides is 1. The van der Waals surface area contributed by atoms with Gasteiger partial charge in [-0.1, -0.05) is 91.0 Å². The van der Waals surface area contributed by atoms with Crippen molar-refractivity contribution in [2.45, 2.75) is 44.7 Å². The maximum absolute atomic E-state index is 13.7. The largest absolute Gasteiger partial charge is 0.448 e. The van der Waals surface area contributed by atoms with E-state index in [0.29, 0.717) is 5.57 Å². The Morgan fingerprint density at radius 1 is 0.927 bits per heavy atom. The number of amides is 2. The average molecular weight is 577 g/mol. The second-order valence-electron chi connectivity index (χ2n) is 9.90. The summed E-state index contributed by atoms with van der Waals surface area (Å²) in [5.74, 6) is -1.72. The number of carbonyl (C=O) groups excluding carboxylic acids is 3. The first kappa shape index (κ1) is 30.0. The van der Waals surface area contributed by atoms with Crippen LogP contribution in [0, 0.1) is 0 Å². The number of carbonyl (C=O) groups is 3. The van der Waals surface area contributed by atoms with E-state index in [1.54, 1.807) is 13.8 Å². The molecule has 1 fully saturated rings. The smallest absolute Gasteiger partial charge is 0.356 e. The first-order valence-corrected chi connectivity index (χ1v) is 13.8. The SMILES string of the molecule is CC(C)=C(C(=O)OC(c1ccccc1)c1ccccc1)N1C(=O)[C@@H](NC(=O)Cc2ccccc2)[C@@H]1OCC(O)CCl. The van der Waals surface area contributed by atoms with Gasteiger partial charge in [0.05, 0.1) is 25.0 Å². The molecule has 3 aromatic rings. The molecule has 214 valence electrons. The quantitative estimate of drug-likeness (QED) is 0.145. The Kier molecular flexibility index (Phi) is 10.3. The monoisotopic (exact) mass is 576 g/mol. The summed E-state index contributed by atoms with van der Waals surface area (Å²) in [4.78, 5) is 41.2. The zero-order chi connectivity index (χ0) is 29.4. The van der Waals surface area contributed by atoms with Gasteiger partial charge in [-0.05, 0) is 36.1 Å². The Morgan fingerprint density at radius 2 is 1.46 bits per heavy atom. The van der Waals surface area contributed by atoms with Crippen molar-refractivity contribution in [3.8, 4) is 0 Å². The highest BCUT2D eigenvalue weighted by atomic mass is 35.5. The third-order valence-corrected chi connectivity index (χ3v) is 6.90. The van der Waals surface area contributed by atoms with Gasteiger partial charge >= 0.3 is 5.97 Å².